The maximum absolute atomic E-state index is 12.1. The predicted molar refractivity (Wildman–Crippen MR) is 109 cm³/mol. The maximum atomic E-state index is 12.1. The van der Waals surface area contributed by atoms with E-state index in [2.05, 4.69) is 20.9 Å². The number of benzene rings is 1. The van der Waals surface area contributed by atoms with Crippen molar-refractivity contribution < 1.29 is 19.0 Å². The van der Waals surface area contributed by atoms with Crippen LogP contribution in [0.3, 0.4) is 0 Å². The first-order valence-electron chi connectivity index (χ1n) is 9.64. The van der Waals surface area contributed by atoms with Crippen molar-refractivity contribution in [3.63, 3.8) is 0 Å². The second-order valence-corrected chi connectivity index (χ2v) is 6.72. The first-order valence-corrected chi connectivity index (χ1v) is 9.64. The van der Waals surface area contributed by atoms with Crippen LogP contribution in [0.1, 0.15) is 37.7 Å². The Labute approximate surface area is 167 Å². The van der Waals surface area contributed by atoms with E-state index in [-0.39, 0.29) is 12.5 Å². The first kappa shape index (κ1) is 21.7. The molecule has 0 bridgehead atoms. The lowest BCUT2D eigenvalue weighted by atomic mass is 9.95. The summed E-state index contributed by atoms with van der Waals surface area (Å²) in [5.74, 6) is 2.27. The highest BCUT2D eigenvalue weighted by Crippen LogP contribution is 2.38. The van der Waals surface area contributed by atoms with Gasteiger partial charge in [0, 0.05) is 19.6 Å². The summed E-state index contributed by atoms with van der Waals surface area (Å²) in [6.45, 7) is 0.673. The number of nitrogens with one attached hydrogen (secondary N) is 3. The van der Waals surface area contributed by atoms with Gasteiger partial charge in [0.15, 0.2) is 17.5 Å². The molecule has 1 aromatic rings. The van der Waals surface area contributed by atoms with Gasteiger partial charge in [-0.3, -0.25) is 9.79 Å². The van der Waals surface area contributed by atoms with E-state index in [0.717, 1.165) is 18.4 Å². The summed E-state index contributed by atoms with van der Waals surface area (Å²) >= 11 is 0. The lowest BCUT2D eigenvalue weighted by Crippen LogP contribution is -2.45. The van der Waals surface area contributed by atoms with Crippen molar-refractivity contribution in [3.8, 4) is 17.2 Å². The van der Waals surface area contributed by atoms with Gasteiger partial charge in [0.25, 0.3) is 0 Å². The van der Waals surface area contributed by atoms with Crippen LogP contribution in [0.5, 0.6) is 17.2 Å². The molecule has 2 rings (SSSR count). The normalized spacial score (nSPS) is 14.9. The van der Waals surface area contributed by atoms with Crippen LogP contribution in [-0.2, 0) is 11.3 Å². The molecule has 0 radical (unpaired) electrons. The summed E-state index contributed by atoms with van der Waals surface area (Å²) in [4.78, 5) is 16.3. The number of aliphatic imine (C=N–C) groups is 1. The molecular formula is C20H32N4O4. The molecule has 1 saturated carbocycles. The Morgan fingerprint density at radius 3 is 2.21 bits per heavy atom. The fraction of sp³-hybridized carbons (Fsp3) is 0.600. The van der Waals surface area contributed by atoms with E-state index in [0.29, 0.717) is 35.8 Å². The molecule has 1 aliphatic carbocycles. The molecule has 0 spiro atoms. The Balaban J connectivity index is 1.87. The van der Waals surface area contributed by atoms with Crippen molar-refractivity contribution in [1.29, 1.82) is 0 Å². The van der Waals surface area contributed by atoms with E-state index in [1.165, 1.54) is 19.3 Å². The molecule has 8 nitrogen and oxygen atoms in total. The highest BCUT2D eigenvalue weighted by atomic mass is 16.5. The van der Waals surface area contributed by atoms with E-state index >= 15 is 0 Å². The van der Waals surface area contributed by atoms with E-state index < -0.39 is 0 Å². The van der Waals surface area contributed by atoms with Crippen molar-refractivity contribution >= 4 is 11.9 Å². The second kappa shape index (κ2) is 11.3. The minimum absolute atomic E-state index is 0.0114. The monoisotopic (exact) mass is 392 g/mol. The summed E-state index contributed by atoms with van der Waals surface area (Å²) in [7, 11) is 6.41. The van der Waals surface area contributed by atoms with Crippen molar-refractivity contribution in [1.82, 2.24) is 16.0 Å². The van der Waals surface area contributed by atoms with Crippen LogP contribution in [-0.4, -0.2) is 52.8 Å². The van der Waals surface area contributed by atoms with Crippen molar-refractivity contribution in [2.24, 2.45) is 4.99 Å². The largest absolute Gasteiger partial charge is 0.493 e. The summed E-state index contributed by atoms with van der Waals surface area (Å²) in [6.07, 6.45) is 5.79. The highest BCUT2D eigenvalue weighted by molar-refractivity contribution is 5.86. The second-order valence-electron chi connectivity index (χ2n) is 6.72. The predicted octanol–water partition coefficient (Wildman–Crippen LogP) is 1.83. The summed E-state index contributed by atoms with van der Waals surface area (Å²) in [5, 5.41) is 9.32. The van der Waals surface area contributed by atoms with Crippen molar-refractivity contribution in [2.45, 2.75) is 44.7 Å². The number of methoxy groups -OCH3 is 3. The van der Waals surface area contributed by atoms with Crippen molar-refractivity contribution in [2.75, 3.05) is 34.9 Å². The zero-order valence-corrected chi connectivity index (χ0v) is 17.3. The Morgan fingerprint density at radius 1 is 1.04 bits per heavy atom. The molecule has 156 valence electrons. The minimum atomic E-state index is -0.0114. The smallest absolute Gasteiger partial charge is 0.239 e. The number of nitrogens with zero attached hydrogens (tertiary/aromatic N) is 1. The van der Waals surface area contributed by atoms with Crippen LogP contribution >= 0.6 is 0 Å². The fourth-order valence-electron chi connectivity index (χ4n) is 3.33. The zero-order chi connectivity index (χ0) is 20.4. The molecule has 28 heavy (non-hydrogen) atoms. The van der Waals surface area contributed by atoms with Crippen LogP contribution < -0.4 is 30.2 Å². The third-order valence-corrected chi connectivity index (χ3v) is 4.79. The SMILES string of the molecule is CN=C(NCC(=O)NC1CCCCC1)NCc1cc(OC)c(OC)c(OC)c1. The number of hydrogen-bond donors (Lipinski definition) is 3. The molecule has 8 heteroatoms. The average Bonchev–Trinajstić information content (AvgIpc) is 2.73. The third-order valence-electron chi connectivity index (χ3n) is 4.79. The Bertz CT molecular complexity index is 647. The molecule has 1 fully saturated rings. The Hall–Kier alpha value is -2.64. The van der Waals surface area contributed by atoms with Crippen LogP contribution in [0.4, 0.5) is 0 Å². The third kappa shape index (κ3) is 6.21. The van der Waals surface area contributed by atoms with Gasteiger partial charge in [0.2, 0.25) is 11.7 Å². The summed E-state index contributed by atoms with van der Waals surface area (Å²) in [6, 6.07) is 4.05. The van der Waals surface area contributed by atoms with E-state index in [9.17, 15) is 4.79 Å². The molecule has 1 aromatic carbocycles. The molecule has 0 atom stereocenters. The van der Waals surface area contributed by atoms with Gasteiger partial charge in [-0.25, -0.2) is 0 Å². The molecule has 0 aromatic heterocycles. The van der Waals surface area contributed by atoms with E-state index in [1.807, 2.05) is 12.1 Å². The molecule has 1 amide bonds. The molecule has 1 aliphatic rings. The number of carbonyl (C=O) groups excluding carboxylic acids is 1. The van der Waals surface area contributed by atoms with Crippen molar-refractivity contribution in [3.05, 3.63) is 17.7 Å². The Kier molecular flexibility index (Phi) is 8.71. The first-order chi connectivity index (χ1) is 13.6. The molecule has 3 N–H and O–H groups in total. The van der Waals surface area contributed by atoms with Gasteiger partial charge < -0.3 is 30.2 Å². The van der Waals surface area contributed by atoms with Crippen LogP contribution in [0.2, 0.25) is 0 Å². The van der Waals surface area contributed by atoms with Crippen LogP contribution in [0.25, 0.3) is 0 Å². The highest BCUT2D eigenvalue weighted by Gasteiger charge is 2.16. The fourth-order valence-corrected chi connectivity index (χ4v) is 3.33. The molecular weight excluding hydrogens is 360 g/mol. The van der Waals surface area contributed by atoms with E-state index in [4.69, 9.17) is 14.2 Å². The number of ether oxygens (including phenoxy) is 3. The molecule has 0 unspecified atom stereocenters. The molecule has 0 aliphatic heterocycles. The lowest BCUT2D eigenvalue weighted by molar-refractivity contribution is -0.120. The maximum Gasteiger partial charge on any atom is 0.239 e. The molecule has 0 saturated heterocycles. The quantitative estimate of drug-likeness (QED) is 0.462. The zero-order valence-electron chi connectivity index (χ0n) is 17.3. The lowest BCUT2D eigenvalue weighted by Gasteiger charge is -2.23. The van der Waals surface area contributed by atoms with Gasteiger partial charge in [-0.05, 0) is 30.5 Å². The topological polar surface area (TPSA) is 93.2 Å². The summed E-state index contributed by atoms with van der Waals surface area (Å²) in [5.41, 5.74) is 0.934. The van der Waals surface area contributed by atoms with E-state index in [1.54, 1.807) is 28.4 Å². The number of guanidine groups is 1. The minimum Gasteiger partial charge on any atom is -0.493 e. The standard InChI is InChI=1S/C20H32N4O4/c1-21-20(23-13-18(25)24-15-8-6-5-7-9-15)22-12-14-10-16(26-2)19(28-4)17(11-14)27-3/h10-11,15H,5-9,12-13H2,1-4H3,(H,24,25)(H2,21,22,23). The van der Waals surface area contributed by atoms with Gasteiger partial charge >= 0.3 is 0 Å². The van der Waals surface area contributed by atoms with Gasteiger partial charge in [-0.1, -0.05) is 19.3 Å². The van der Waals surface area contributed by atoms with Gasteiger partial charge in [0.1, 0.15) is 0 Å². The Morgan fingerprint density at radius 2 is 1.68 bits per heavy atom. The number of amides is 1. The molecule has 0 heterocycles. The van der Waals surface area contributed by atoms with Crippen LogP contribution in [0.15, 0.2) is 17.1 Å². The number of carbonyl (C=O) groups is 1. The number of hydrogen-bond acceptors (Lipinski definition) is 5. The van der Waals surface area contributed by atoms with Crippen LogP contribution in [0, 0.1) is 0 Å². The van der Waals surface area contributed by atoms with Gasteiger partial charge in [-0.15, -0.1) is 0 Å². The van der Waals surface area contributed by atoms with Gasteiger partial charge in [-0.2, -0.15) is 0 Å². The number of rotatable bonds is 8. The summed E-state index contributed by atoms with van der Waals surface area (Å²) < 4.78 is 16.1. The average molecular weight is 393 g/mol. The van der Waals surface area contributed by atoms with Gasteiger partial charge in [0.05, 0.1) is 27.9 Å².